The van der Waals surface area contributed by atoms with Gasteiger partial charge in [-0.05, 0) is 24.3 Å². The topological polar surface area (TPSA) is 91.1 Å². The predicted octanol–water partition coefficient (Wildman–Crippen LogP) is 3.76. The second-order valence-electron chi connectivity index (χ2n) is 5.05. The highest BCUT2D eigenvalue weighted by Gasteiger charge is 2.33. The normalized spacial score (nSPS) is 11.6. The Morgan fingerprint density at radius 3 is 2.50 bits per heavy atom. The molecule has 0 aliphatic rings. The van der Waals surface area contributed by atoms with Crippen molar-refractivity contribution < 1.29 is 22.0 Å². The molecule has 1 aromatic carbocycles. The molecule has 0 unspecified atom stereocenters. The van der Waals surface area contributed by atoms with Gasteiger partial charge in [0.1, 0.15) is 17.5 Å². The highest BCUT2D eigenvalue weighted by atomic mass is 19.4. The SMILES string of the molecule is N#Cc1[nH]nnc1-c1cc(-c2nccc(C(F)(F)F)n2)cc(C(F)F)c1. The molecule has 26 heavy (non-hydrogen) atoms. The zero-order valence-corrected chi connectivity index (χ0v) is 12.6. The molecule has 2 heterocycles. The van der Waals surface area contributed by atoms with Gasteiger partial charge in [-0.2, -0.15) is 18.4 Å². The van der Waals surface area contributed by atoms with E-state index in [-0.39, 0.29) is 28.3 Å². The van der Waals surface area contributed by atoms with Crippen molar-refractivity contribution in [3.8, 4) is 28.7 Å². The summed E-state index contributed by atoms with van der Waals surface area (Å²) in [5.41, 5.74) is -1.77. The maximum atomic E-state index is 13.2. The first kappa shape index (κ1) is 17.4. The Bertz CT molecular complexity index is 989. The van der Waals surface area contributed by atoms with E-state index in [4.69, 9.17) is 5.26 Å². The maximum Gasteiger partial charge on any atom is 0.433 e. The Morgan fingerprint density at radius 1 is 1.12 bits per heavy atom. The third kappa shape index (κ3) is 3.34. The van der Waals surface area contributed by atoms with Crippen LogP contribution in [-0.2, 0) is 6.18 Å². The number of nitrogens with zero attached hydrogens (tertiary/aromatic N) is 5. The van der Waals surface area contributed by atoms with Gasteiger partial charge in [-0.1, -0.05) is 5.21 Å². The predicted molar refractivity (Wildman–Crippen MR) is 77.5 cm³/mol. The van der Waals surface area contributed by atoms with Crippen molar-refractivity contribution in [2.24, 2.45) is 0 Å². The minimum absolute atomic E-state index is 0.0109. The van der Waals surface area contributed by atoms with Crippen LogP contribution in [0.25, 0.3) is 22.6 Å². The van der Waals surface area contributed by atoms with Crippen molar-refractivity contribution in [1.29, 1.82) is 5.26 Å². The van der Waals surface area contributed by atoms with E-state index in [1.165, 1.54) is 6.07 Å². The van der Waals surface area contributed by atoms with Crippen LogP contribution in [0.15, 0.2) is 30.5 Å². The summed E-state index contributed by atoms with van der Waals surface area (Å²) in [6.45, 7) is 0. The fraction of sp³-hybridized carbons (Fsp3) is 0.133. The van der Waals surface area contributed by atoms with E-state index in [0.717, 1.165) is 18.3 Å². The molecule has 132 valence electrons. The van der Waals surface area contributed by atoms with E-state index in [0.29, 0.717) is 6.07 Å². The lowest BCUT2D eigenvalue weighted by Gasteiger charge is -2.10. The van der Waals surface area contributed by atoms with Crippen molar-refractivity contribution in [3.05, 3.63) is 47.4 Å². The van der Waals surface area contributed by atoms with E-state index in [1.54, 1.807) is 6.07 Å². The Morgan fingerprint density at radius 2 is 1.85 bits per heavy atom. The lowest BCUT2D eigenvalue weighted by molar-refractivity contribution is -0.141. The van der Waals surface area contributed by atoms with Gasteiger partial charge in [0.15, 0.2) is 11.5 Å². The summed E-state index contributed by atoms with van der Waals surface area (Å²) < 4.78 is 64.9. The number of aromatic nitrogens is 5. The van der Waals surface area contributed by atoms with Gasteiger partial charge in [0, 0.05) is 22.9 Å². The van der Waals surface area contributed by atoms with Crippen LogP contribution in [0, 0.1) is 11.3 Å². The number of nitrogens with one attached hydrogen (secondary N) is 1. The minimum atomic E-state index is -4.71. The number of halogens is 5. The first-order chi connectivity index (χ1) is 12.3. The van der Waals surface area contributed by atoms with Gasteiger partial charge in [-0.3, -0.25) is 0 Å². The summed E-state index contributed by atoms with van der Waals surface area (Å²) in [5.74, 6) is -0.384. The molecule has 0 amide bonds. The van der Waals surface area contributed by atoms with E-state index in [2.05, 4.69) is 25.4 Å². The van der Waals surface area contributed by atoms with Gasteiger partial charge < -0.3 is 0 Å². The van der Waals surface area contributed by atoms with Gasteiger partial charge >= 0.3 is 6.18 Å². The number of hydrogen-bond acceptors (Lipinski definition) is 5. The largest absolute Gasteiger partial charge is 0.433 e. The molecule has 6 nitrogen and oxygen atoms in total. The molecule has 3 rings (SSSR count). The van der Waals surface area contributed by atoms with Crippen LogP contribution < -0.4 is 0 Å². The third-order valence-electron chi connectivity index (χ3n) is 3.35. The third-order valence-corrected chi connectivity index (χ3v) is 3.35. The van der Waals surface area contributed by atoms with E-state index < -0.39 is 23.9 Å². The number of aromatic amines is 1. The molecule has 3 aromatic rings. The van der Waals surface area contributed by atoms with Crippen LogP contribution in [0.2, 0.25) is 0 Å². The van der Waals surface area contributed by atoms with Crippen LogP contribution >= 0.6 is 0 Å². The Labute approximate surface area is 142 Å². The standard InChI is InChI=1S/C15H7F5N6/c16-13(17)8-3-7(12-10(6-21)24-26-25-12)4-9(5-8)14-22-2-1-11(23-14)15(18,19)20/h1-5,13H,(H,24,25,26). The molecule has 0 bridgehead atoms. The second kappa shape index (κ2) is 6.47. The van der Waals surface area contributed by atoms with Crippen LogP contribution in [0.3, 0.4) is 0 Å². The zero-order valence-electron chi connectivity index (χ0n) is 12.6. The first-order valence-corrected chi connectivity index (χ1v) is 6.95. The number of rotatable bonds is 3. The maximum absolute atomic E-state index is 13.2. The summed E-state index contributed by atoms with van der Waals surface area (Å²) in [5, 5.41) is 18.4. The highest BCUT2D eigenvalue weighted by molar-refractivity contribution is 5.71. The van der Waals surface area contributed by atoms with Crippen molar-refractivity contribution in [1.82, 2.24) is 25.4 Å². The first-order valence-electron chi connectivity index (χ1n) is 6.95. The highest BCUT2D eigenvalue weighted by Crippen LogP contribution is 2.33. The fourth-order valence-electron chi connectivity index (χ4n) is 2.21. The lowest BCUT2D eigenvalue weighted by Crippen LogP contribution is -2.09. The van der Waals surface area contributed by atoms with Crippen molar-refractivity contribution in [2.75, 3.05) is 0 Å². The van der Waals surface area contributed by atoms with Crippen LogP contribution in [0.4, 0.5) is 22.0 Å². The van der Waals surface area contributed by atoms with Gasteiger partial charge in [0.25, 0.3) is 6.43 Å². The lowest BCUT2D eigenvalue weighted by atomic mass is 10.0. The number of nitriles is 1. The molecular weight excluding hydrogens is 359 g/mol. The fourth-order valence-corrected chi connectivity index (χ4v) is 2.21. The van der Waals surface area contributed by atoms with Gasteiger partial charge in [0.05, 0.1) is 0 Å². The molecule has 11 heteroatoms. The number of H-pyrrole nitrogens is 1. The molecule has 0 fully saturated rings. The monoisotopic (exact) mass is 366 g/mol. The van der Waals surface area contributed by atoms with E-state index in [1.807, 2.05) is 0 Å². The molecule has 0 aliphatic carbocycles. The molecule has 0 saturated heterocycles. The molecule has 0 radical (unpaired) electrons. The average Bonchev–Trinajstić information content (AvgIpc) is 3.09. The summed E-state index contributed by atoms with van der Waals surface area (Å²) in [7, 11) is 0. The number of benzene rings is 1. The summed E-state index contributed by atoms with van der Waals surface area (Å²) in [6, 6.07) is 5.75. The van der Waals surface area contributed by atoms with Gasteiger partial charge in [-0.25, -0.2) is 23.8 Å². The minimum Gasteiger partial charge on any atom is -0.247 e. The molecule has 1 N–H and O–H groups in total. The zero-order chi connectivity index (χ0) is 18.9. The van der Waals surface area contributed by atoms with Crippen LogP contribution in [0.1, 0.15) is 23.4 Å². The van der Waals surface area contributed by atoms with Gasteiger partial charge in [-0.15, -0.1) is 5.10 Å². The smallest absolute Gasteiger partial charge is 0.247 e. The quantitative estimate of drug-likeness (QED) is 0.713. The average molecular weight is 366 g/mol. The van der Waals surface area contributed by atoms with Crippen LogP contribution in [-0.4, -0.2) is 25.4 Å². The summed E-state index contributed by atoms with van der Waals surface area (Å²) in [4.78, 5) is 7.11. The Kier molecular flexibility index (Phi) is 4.33. The van der Waals surface area contributed by atoms with E-state index >= 15 is 0 Å². The van der Waals surface area contributed by atoms with Gasteiger partial charge in [0.2, 0.25) is 0 Å². The molecule has 0 atom stereocenters. The number of alkyl halides is 5. The van der Waals surface area contributed by atoms with Crippen molar-refractivity contribution >= 4 is 0 Å². The molecule has 2 aromatic heterocycles. The summed E-state index contributed by atoms with van der Waals surface area (Å²) in [6.07, 6.45) is -6.73. The van der Waals surface area contributed by atoms with E-state index in [9.17, 15) is 22.0 Å². The van der Waals surface area contributed by atoms with Crippen LogP contribution in [0.5, 0.6) is 0 Å². The van der Waals surface area contributed by atoms with Crippen molar-refractivity contribution in [2.45, 2.75) is 12.6 Å². The second-order valence-corrected chi connectivity index (χ2v) is 5.05. The Hall–Kier alpha value is -3.42. The molecule has 0 aliphatic heterocycles. The summed E-state index contributed by atoms with van der Waals surface area (Å²) >= 11 is 0. The molecule has 0 saturated carbocycles. The molecule has 0 spiro atoms. The number of hydrogen-bond donors (Lipinski definition) is 1. The molecular formula is C15H7F5N6. The van der Waals surface area contributed by atoms with Crippen molar-refractivity contribution in [3.63, 3.8) is 0 Å². The Balaban J connectivity index is 2.18.